The molecule has 0 aliphatic heterocycles. The molecule has 1 aromatic carbocycles. The summed E-state index contributed by atoms with van der Waals surface area (Å²) in [6.45, 7) is 0. The lowest BCUT2D eigenvalue weighted by Crippen LogP contribution is -1.98. The van der Waals surface area contributed by atoms with E-state index in [0.717, 1.165) is 15.9 Å². The van der Waals surface area contributed by atoms with Gasteiger partial charge in [0.1, 0.15) is 5.82 Å². The molecular formula is C13H10BrN3O. The zero-order chi connectivity index (χ0) is 12.5. The average molecular weight is 304 g/mol. The summed E-state index contributed by atoms with van der Waals surface area (Å²) < 4.78 is 2.79. The molecule has 0 atom stereocenters. The van der Waals surface area contributed by atoms with E-state index in [0.29, 0.717) is 12.1 Å². The number of rotatable bonds is 2. The van der Waals surface area contributed by atoms with Gasteiger partial charge >= 0.3 is 0 Å². The summed E-state index contributed by atoms with van der Waals surface area (Å²) in [4.78, 5) is 15.6. The first-order chi connectivity index (χ1) is 8.70. The molecule has 0 fully saturated rings. The van der Waals surface area contributed by atoms with Crippen molar-refractivity contribution in [3.63, 3.8) is 0 Å². The number of benzene rings is 1. The van der Waals surface area contributed by atoms with Crippen molar-refractivity contribution in [2.24, 2.45) is 0 Å². The van der Waals surface area contributed by atoms with Crippen molar-refractivity contribution in [1.29, 1.82) is 0 Å². The predicted molar refractivity (Wildman–Crippen MR) is 72.8 cm³/mol. The van der Waals surface area contributed by atoms with Crippen LogP contribution in [0.5, 0.6) is 0 Å². The van der Waals surface area contributed by atoms with Gasteiger partial charge in [-0.05, 0) is 17.7 Å². The number of aromatic amines is 1. The summed E-state index contributed by atoms with van der Waals surface area (Å²) in [7, 11) is 0. The summed E-state index contributed by atoms with van der Waals surface area (Å²) >= 11 is 3.44. The van der Waals surface area contributed by atoms with E-state index in [9.17, 15) is 4.79 Å². The lowest BCUT2D eigenvalue weighted by Gasteiger charge is -1.98. The summed E-state index contributed by atoms with van der Waals surface area (Å²) in [5, 5.41) is 3.14. The Labute approximate surface area is 111 Å². The number of nitrogens with zero attached hydrogens (tertiary/aromatic N) is 2. The van der Waals surface area contributed by atoms with Gasteiger partial charge < -0.3 is 0 Å². The Morgan fingerprint density at radius 2 is 2.17 bits per heavy atom. The summed E-state index contributed by atoms with van der Waals surface area (Å²) in [6.07, 6.45) is 2.39. The van der Waals surface area contributed by atoms with Gasteiger partial charge in [-0.3, -0.25) is 9.89 Å². The quantitative estimate of drug-likeness (QED) is 0.790. The molecule has 0 amide bonds. The summed E-state index contributed by atoms with van der Waals surface area (Å²) in [5.41, 5.74) is 1.77. The smallest absolute Gasteiger partial charge is 0.183 e. The number of halogens is 1. The van der Waals surface area contributed by atoms with Crippen LogP contribution in [0.25, 0.3) is 5.65 Å². The Bertz CT molecular complexity index is 760. The summed E-state index contributed by atoms with van der Waals surface area (Å²) in [6, 6.07) is 11.1. The van der Waals surface area contributed by atoms with Crippen molar-refractivity contribution >= 4 is 21.6 Å². The van der Waals surface area contributed by atoms with E-state index in [1.54, 1.807) is 10.7 Å². The minimum Gasteiger partial charge on any atom is -0.290 e. The van der Waals surface area contributed by atoms with Crippen LogP contribution in [-0.2, 0) is 6.42 Å². The van der Waals surface area contributed by atoms with E-state index < -0.39 is 0 Å². The highest BCUT2D eigenvalue weighted by atomic mass is 79.9. The van der Waals surface area contributed by atoms with Gasteiger partial charge in [0, 0.05) is 29.2 Å². The lowest BCUT2D eigenvalue weighted by atomic mass is 10.1. The van der Waals surface area contributed by atoms with E-state index in [-0.39, 0.29) is 5.43 Å². The van der Waals surface area contributed by atoms with E-state index in [1.165, 1.54) is 12.1 Å². The van der Waals surface area contributed by atoms with Gasteiger partial charge in [0.2, 0.25) is 0 Å². The monoisotopic (exact) mass is 303 g/mol. The van der Waals surface area contributed by atoms with Crippen LogP contribution in [-0.4, -0.2) is 14.6 Å². The van der Waals surface area contributed by atoms with Crippen LogP contribution in [0.4, 0.5) is 0 Å². The maximum absolute atomic E-state index is 11.2. The number of nitrogens with one attached hydrogen (secondary N) is 1. The van der Waals surface area contributed by atoms with Crippen LogP contribution in [0.3, 0.4) is 0 Å². The molecule has 0 saturated heterocycles. The zero-order valence-corrected chi connectivity index (χ0v) is 11.0. The van der Waals surface area contributed by atoms with Crippen LogP contribution in [0.15, 0.2) is 51.9 Å². The SMILES string of the molecule is O=c1ccn2[nH]c(Cc3cccc(Br)c3)nc2c1. The molecule has 1 N–H and O–H groups in total. The third-order valence-corrected chi connectivity index (χ3v) is 3.16. The average Bonchev–Trinajstić information content (AvgIpc) is 2.70. The van der Waals surface area contributed by atoms with E-state index in [2.05, 4.69) is 32.1 Å². The van der Waals surface area contributed by atoms with Gasteiger partial charge in [0.15, 0.2) is 11.1 Å². The second kappa shape index (κ2) is 4.42. The maximum atomic E-state index is 11.2. The predicted octanol–water partition coefficient (Wildman–Crippen LogP) is 2.38. The van der Waals surface area contributed by atoms with Crippen molar-refractivity contribution in [1.82, 2.24) is 14.6 Å². The van der Waals surface area contributed by atoms with Gasteiger partial charge in [0.25, 0.3) is 0 Å². The first-order valence-corrected chi connectivity index (χ1v) is 6.32. The molecule has 0 unspecified atom stereocenters. The number of pyridine rings is 1. The molecule has 5 heteroatoms. The molecule has 2 aromatic heterocycles. The molecule has 18 heavy (non-hydrogen) atoms. The van der Waals surface area contributed by atoms with Crippen molar-refractivity contribution < 1.29 is 0 Å². The third-order valence-electron chi connectivity index (χ3n) is 2.67. The molecule has 4 nitrogen and oxygen atoms in total. The Kier molecular flexibility index (Phi) is 2.76. The van der Waals surface area contributed by atoms with E-state index >= 15 is 0 Å². The number of aromatic nitrogens is 3. The number of H-pyrrole nitrogens is 1. The minimum atomic E-state index is -0.0319. The van der Waals surface area contributed by atoms with Gasteiger partial charge in [-0.15, -0.1) is 0 Å². The van der Waals surface area contributed by atoms with Crippen LogP contribution in [0, 0.1) is 0 Å². The Balaban J connectivity index is 1.98. The normalized spacial score (nSPS) is 10.9. The van der Waals surface area contributed by atoms with Crippen molar-refractivity contribution in [3.8, 4) is 0 Å². The van der Waals surface area contributed by atoms with Crippen LogP contribution < -0.4 is 5.43 Å². The topological polar surface area (TPSA) is 50.2 Å². The molecule has 0 bridgehead atoms. The first kappa shape index (κ1) is 11.2. The molecule has 3 rings (SSSR count). The maximum Gasteiger partial charge on any atom is 0.183 e. The standard InChI is InChI=1S/C13H10BrN3O/c14-10-3-1-2-9(6-10)7-12-15-13-8-11(18)4-5-17(13)16-12/h1-6,8H,7H2,(H,15,16). The Morgan fingerprint density at radius 1 is 1.28 bits per heavy atom. The molecule has 0 aliphatic rings. The molecule has 3 aromatic rings. The minimum absolute atomic E-state index is 0.0319. The van der Waals surface area contributed by atoms with Crippen molar-refractivity contribution in [2.45, 2.75) is 6.42 Å². The van der Waals surface area contributed by atoms with Crippen LogP contribution >= 0.6 is 15.9 Å². The highest BCUT2D eigenvalue weighted by Gasteiger charge is 2.03. The largest absolute Gasteiger partial charge is 0.290 e. The van der Waals surface area contributed by atoms with Gasteiger partial charge in [-0.25, -0.2) is 9.50 Å². The zero-order valence-electron chi connectivity index (χ0n) is 9.43. The van der Waals surface area contributed by atoms with Crippen molar-refractivity contribution in [2.75, 3.05) is 0 Å². The lowest BCUT2D eigenvalue weighted by molar-refractivity contribution is 0.898. The molecule has 0 radical (unpaired) electrons. The fourth-order valence-corrected chi connectivity index (χ4v) is 2.32. The fourth-order valence-electron chi connectivity index (χ4n) is 1.87. The highest BCUT2D eigenvalue weighted by Crippen LogP contribution is 2.14. The van der Waals surface area contributed by atoms with Gasteiger partial charge in [-0.2, -0.15) is 0 Å². The molecule has 0 saturated carbocycles. The molecular weight excluding hydrogens is 294 g/mol. The first-order valence-electron chi connectivity index (χ1n) is 5.52. The number of hydrogen-bond donors (Lipinski definition) is 1. The number of hydrogen-bond acceptors (Lipinski definition) is 2. The molecule has 0 spiro atoms. The second-order valence-electron chi connectivity index (χ2n) is 4.07. The third kappa shape index (κ3) is 2.22. The molecule has 2 heterocycles. The Morgan fingerprint density at radius 3 is 3.00 bits per heavy atom. The van der Waals surface area contributed by atoms with Gasteiger partial charge in [0.05, 0.1) is 0 Å². The fraction of sp³-hybridized carbons (Fsp3) is 0.0769. The molecule has 0 aliphatic carbocycles. The van der Waals surface area contributed by atoms with Gasteiger partial charge in [-0.1, -0.05) is 28.1 Å². The second-order valence-corrected chi connectivity index (χ2v) is 4.98. The Hall–Kier alpha value is -1.88. The van der Waals surface area contributed by atoms with E-state index in [4.69, 9.17) is 0 Å². The van der Waals surface area contributed by atoms with Crippen molar-refractivity contribution in [3.05, 3.63) is 68.7 Å². The van der Waals surface area contributed by atoms with E-state index in [1.807, 2.05) is 18.2 Å². The van der Waals surface area contributed by atoms with Crippen LogP contribution in [0.1, 0.15) is 11.4 Å². The van der Waals surface area contributed by atoms with Crippen LogP contribution in [0.2, 0.25) is 0 Å². The molecule has 90 valence electrons. The highest BCUT2D eigenvalue weighted by molar-refractivity contribution is 9.10. The number of fused-ring (bicyclic) bond motifs is 1. The summed E-state index contributed by atoms with van der Waals surface area (Å²) in [5.74, 6) is 0.832.